The normalized spacial score (nSPS) is 13.2. The molecular formula is C24H30F2O2W. The molecule has 0 amide bonds. The van der Waals surface area contributed by atoms with Crippen LogP contribution < -0.4 is 4.74 Å². The van der Waals surface area contributed by atoms with Crippen molar-refractivity contribution >= 4 is 6.29 Å². The zero-order valence-corrected chi connectivity index (χ0v) is 20.9. The van der Waals surface area contributed by atoms with Crippen molar-refractivity contribution in [3.8, 4) is 16.9 Å². The van der Waals surface area contributed by atoms with Crippen molar-refractivity contribution in [2.24, 2.45) is 17.8 Å². The third-order valence-electron chi connectivity index (χ3n) is 5.45. The molecule has 2 rings (SSSR count). The number of hydrogen-bond donors (Lipinski definition) is 0. The second-order valence-electron chi connectivity index (χ2n) is 7.08. The van der Waals surface area contributed by atoms with Gasteiger partial charge in [-0.2, -0.15) is 12.8 Å². The zero-order valence-electron chi connectivity index (χ0n) is 18.0. The van der Waals surface area contributed by atoms with Gasteiger partial charge in [-0.05, 0) is 18.1 Å². The van der Waals surface area contributed by atoms with Gasteiger partial charge in [0.2, 0.25) is 0 Å². The fourth-order valence-corrected chi connectivity index (χ4v) is 2.87. The smallest absolute Gasteiger partial charge is 0.553 e. The predicted molar refractivity (Wildman–Crippen MR) is 111 cm³/mol. The maximum atomic E-state index is 13.6. The van der Waals surface area contributed by atoms with E-state index < -0.39 is 11.6 Å². The molecule has 0 saturated carbocycles. The molecule has 0 aliphatic rings. The van der Waals surface area contributed by atoms with Gasteiger partial charge >= 0.3 is 21.1 Å². The summed E-state index contributed by atoms with van der Waals surface area (Å²) in [5.41, 5.74) is 0.876. The van der Waals surface area contributed by atoms with Crippen molar-refractivity contribution in [2.75, 3.05) is 7.11 Å². The Morgan fingerprint density at radius 1 is 1.10 bits per heavy atom. The maximum absolute atomic E-state index is 13.6. The number of methoxy groups -OCH3 is 1. The molecule has 158 valence electrons. The van der Waals surface area contributed by atoms with E-state index in [1.165, 1.54) is 25.7 Å². The van der Waals surface area contributed by atoms with Gasteiger partial charge in [0.25, 0.3) is 0 Å². The molecule has 0 fully saturated rings. The Morgan fingerprint density at radius 2 is 1.76 bits per heavy atom. The van der Waals surface area contributed by atoms with Crippen molar-refractivity contribution in [3.05, 3.63) is 60.0 Å². The van der Waals surface area contributed by atoms with E-state index >= 15 is 0 Å². The van der Waals surface area contributed by atoms with Crippen LogP contribution in [-0.4, -0.2) is 13.4 Å². The summed E-state index contributed by atoms with van der Waals surface area (Å²) < 4.78 is 31.3. The summed E-state index contributed by atoms with van der Waals surface area (Å²) in [6, 6.07) is 7.86. The number of rotatable bonds is 7. The van der Waals surface area contributed by atoms with E-state index in [-0.39, 0.29) is 32.2 Å². The summed E-state index contributed by atoms with van der Waals surface area (Å²) in [6.07, 6.45) is 5.32. The van der Waals surface area contributed by atoms with Crippen molar-refractivity contribution in [2.45, 2.75) is 41.0 Å². The summed E-state index contributed by atoms with van der Waals surface area (Å²) in [5.74, 6) is 1.51. The van der Waals surface area contributed by atoms with Gasteiger partial charge in [-0.15, -0.1) is 11.6 Å². The van der Waals surface area contributed by atoms with Crippen LogP contribution in [-0.2, 0) is 25.9 Å². The Kier molecular flexibility index (Phi) is 12.9. The molecule has 2 nitrogen and oxygen atoms in total. The number of hydrogen-bond acceptors (Lipinski definition) is 2. The predicted octanol–water partition coefficient (Wildman–Crippen LogP) is 6.62. The van der Waals surface area contributed by atoms with E-state index in [0.717, 1.165) is 29.9 Å². The van der Waals surface area contributed by atoms with Crippen LogP contribution in [0.1, 0.15) is 46.6 Å². The van der Waals surface area contributed by atoms with Crippen molar-refractivity contribution in [1.29, 1.82) is 0 Å². The van der Waals surface area contributed by atoms with Gasteiger partial charge < -0.3 is 16.0 Å². The largest absolute Gasteiger partial charge is 2.00 e. The van der Waals surface area contributed by atoms with Crippen LogP contribution in [0.25, 0.3) is 11.1 Å². The molecule has 5 heteroatoms. The summed E-state index contributed by atoms with van der Waals surface area (Å²) in [4.78, 5) is 10.8. The first-order chi connectivity index (χ1) is 13.3. The number of halogens is 2. The molecule has 2 aromatic rings. The van der Waals surface area contributed by atoms with Crippen LogP contribution >= 0.6 is 0 Å². The van der Waals surface area contributed by atoms with Gasteiger partial charge in [0, 0.05) is 17.4 Å². The van der Waals surface area contributed by atoms with Crippen LogP contribution in [0.15, 0.2) is 36.4 Å². The van der Waals surface area contributed by atoms with Crippen LogP contribution in [0.2, 0.25) is 0 Å². The third-order valence-corrected chi connectivity index (χ3v) is 5.45. The summed E-state index contributed by atoms with van der Waals surface area (Å²) >= 11 is 0. The molecular weight excluding hydrogens is 542 g/mol. The minimum Gasteiger partial charge on any atom is -0.553 e. The van der Waals surface area contributed by atoms with Crippen LogP contribution in [0, 0.1) is 35.8 Å². The van der Waals surface area contributed by atoms with Gasteiger partial charge in [-0.25, -0.2) is 8.78 Å². The minimum atomic E-state index is -0.683. The average Bonchev–Trinajstić information content (AvgIpc) is 2.71. The average molecular weight is 572 g/mol. The van der Waals surface area contributed by atoms with Crippen molar-refractivity contribution < 1.29 is 39.4 Å². The third kappa shape index (κ3) is 8.01. The number of benzene rings is 2. The molecule has 0 aromatic heterocycles. The monoisotopic (exact) mass is 572 g/mol. The van der Waals surface area contributed by atoms with Crippen LogP contribution in [0.3, 0.4) is 0 Å². The quantitative estimate of drug-likeness (QED) is 0.349. The van der Waals surface area contributed by atoms with E-state index in [0.29, 0.717) is 11.3 Å². The summed E-state index contributed by atoms with van der Waals surface area (Å²) in [7, 11) is 1.42. The molecule has 2 aromatic carbocycles. The second-order valence-corrected chi connectivity index (χ2v) is 7.08. The Bertz CT molecular complexity index is 755. The molecule has 0 heterocycles. The Balaban J connectivity index is 0.000000616. The van der Waals surface area contributed by atoms with E-state index in [2.05, 4.69) is 41.0 Å². The molecule has 29 heavy (non-hydrogen) atoms. The van der Waals surface area contributed by atoms with E-state index in [4.69, 9.17) is 4.74 Å². The van der Waals surface area contributed by atoms with Crippen molar-refractivity contribution in [3.63, 3.8) is 0 Å². The van der Waals surface area contributed by atoms with E-state index in [1.807, 2.05) is 0 Å². The molecule has 0 saturated heterocycles. The molecule has 3 atom stereocenters. The number of ether oxygens (including phenoxy) is 1. The van der Waals surface area contributed by atoms with E-state index in [1.54, 1.807) is 18.4 Å². The zero-order chi connectivity index (χ0) is 21.3. The Morgan fingerprint density at radius 3 is 2.24 bits per heavy atom. The minimum absolute atomic E-state index is 0. The molecule has 3 unspecified atom stereocenters. The molecule has 0 bridgehead atoms. The standard InChI is InChI=1S/C14H9F2O2.C10H21.W/c1-18-14-5-2-9(6-10(14)8-17)12-4-3-11(15)7-13(12)16;1-6-8(3)10(5)9(4)7-2;/h2-7H,1H3;6,8-10H,7H2,1-5H3;/q2*-1;+2. The van der Waals surface area contributed by atoms with Gasteiger partial charge in [-0.3, -0.25) is 0 Å². The first-order valence-corrected chi connectivity index (χ1v) is 9.60. The fourth-order valence-electron chi connectivity index (χ4n) is 2.87. The molecule has 0 N–H and O–H groups in total. The van der Waals surface area contributed by atoms with Gasteiger partial charge in [0.15, 0.2) is 0 Å². The first kappa shape index (κ1) is 27.5. The second kappa shape index (κ2) is 13.6. The fraction of sp³-hybridized carbons (Fsp3) is 0.417. The topological polar surface area (TPSA) is 26.3 Å². The maximum Gasteiger partial charge on any atom is 2.00 e. The molecule has 0 spiro atoms. The van der Waals surface area contributed by atoms with Gasteiger partial charge in [-0.1, -0.05) is 57.7 Å². The SMILES string of the molecule is COc1ccc(-c2ccc(F)cc2F)cc1[C-]=O.C[CH-]C(C)C(C)C(C)CC.[W+2]. The molecule has 0 radical (unpaired) electrons. The first-order valence-electron chi connectivity index (χ1n) is 9.60. The van der Waals surface area contributed by atoms with Gasteiger partial charge in [0.1, 0.15) is 11.6 Å². The van der Waals surface area contributed by atoms with Crippen LogP contribution in [0.4, 0.5) is 8.78 Å². The summed E-state index contributed by atoms with van der Waals surface area (Å²) in [6.45, 7) is 11.4. The molecule has 0 aliphatic heterocycles. The number of carbonyl (C=O) groups excluding carboxylic acids is 1. The van der Waals surface area contributed by atoms with E-state index in [9.17, 15) is 13.6 Å². The Hall–Kier alpha value is -1.54. The van der Waals surface area contributed by atoms with Crippen molar-refractivity contribution in [1.82, 2.24) is 0 Å². The molecule has 0 aliphatic carbocycles. The Labute approximate surface area is 188 Å². The summed E-state index contributed by atoms with van der Waals surface area (Å²) in [5, 5.41) is 0. The van der Waals surface area contributed by atoms with Crippen LogP contribution in [0.5, 0.6) is 5.75 Å². The van der Waals surface area contributed by atoms with Gasteiger partial charge in [0.05, 0.1) is 13.4 Å².